The van der Waals surface area contributed by atoms with Gasteiger partial charge in [-0.1, -0.05) is 6.08 Å². The lowest BCUT2D eigenvalue weighted by atomic mass is 9.70. The molecule has 140 valence electrons. The first kappa shape index (κ1) is 17.6. The maximum Gasteiger partial charge on any atom is 0.157 e. The van der Waals surface area contributed by atoms with Crippen molar-refractivity contribution in [2.75, 3.05) is 20.3 Å². The van der Waals surface area contributed by atoms with Gasteiger partial charge >= 0.3 is 0 Å². The quantitative estimate of drug-likeness (QED) is 0.605. The molecule has 4 aliphatic rings. The van der Waals surface area contributed by atoms with E-state index in [0.717, 1.165) is 43.8 Å². The summed E-state index contributed by atoms with van der Waals surface area (Å²) in [5.74, 6) is 3.97. The minimum atomic E-state index is 0.0762. The zero-order valence-corrected chi connectivity index (χ0v) is 15.8. The molecule has 2 unspecified atom stereocenters. The normalized spacial score (nSPS) is 35.2. The molecule has 25 heavy (non-hydrogen) atoms. The Morgan fingerprint density at radius 3 is 2.96 bits per heavy atom. The van der Waals surface area contributed by atoms with Gasteiger partial charge in [-0.3, -0.25) is 0 Å². The summed E-state index contributed by atoms with van der Waals surface area (Å²) in [6.07, 6.45) is 16.3. The van der Waals surface area contributed by atoms with Crippen molar-refractivity contribution in [2.45, 2.75) is 76.9 Å². The van der Waals surface area contributed by atoms with Crippen molar-refractivity contribution in [2.24, 2.45) is 17.8 Å². The number of ether oxygens (including phenoxy) is 3. The van der Waals surface area contributed by atoms with E-state index in [9.17, 15) is 0 Å². The maximum absolute atomic E-state index is 5.94. The Labute approximate surface area is 152 Å². The van der Waals surface area contributed by atoms with Gasteiger partial charge < -0.3 is 14.2 Å². The molecule has 1 saturated heterocycles. The first-order valence-corrected chi connectivity index (χ1v) is 10.5. The highest BCUT2D eigenvalue weighted by Gasteiger charge is 2.41. The number of hydrogen-bond donors (Lipinski definition) is 0. The van der Waals surface area contributed by atoms with Gasteiger partial charge in [0.15, 0.2) is 6.29 Å². The molecule has 0 amide bonds. The van der Waals surface area contributed by atoms with E-state index in [1.54, 1.807) is 11.1 Å². The lowest BCUT2D eigenvalue weighted by Gasteiger charge is -2.35. The molecular formula is C22H34O3. The van der Waals surface area contributed by atoms with Crippen LogP contribution < -0.4 is 0 Å². The zero-order valence-electron chi connectivity index (χ0n) is 15.8. The van der Waals surface area contributed by atoms with Crippen LogP contribution in [0.2, 0.25) is 0 Å². The fourth-order valence-corrected chi connectivity index (χ4v) is 5.61. The number of fused-ring (bicyclic) bond motifs is 2. The molecule has 4 rings (SSSR count). The predicted octanol–water partition coefficient (Wildman–Crippen LogP) is 5.37. The van der Waals surface area contributed by atoms with Gasteiger partial charge in [0.25, 0.3) is 0 Å². The van der Waals surface area contributed by atoms with Crippen LogP contribution in [-0.4, -0.2) is 26.6 Å². The SMILES string of the molecule is COC1=C2C[C@H]3CCC(CCCOC4CCCCO4)[C@H]3CC2=CCC1. The Kier molecular flexibility index (Phi) is 5.82. The maximum atomic E-state index is 5.94. The molecule has 0 aromatic heterocycles. The van der Waals surface area contributed by atoms with Crippen LogP contribution in [0.1, 0.15) is 70.6 Å². The van der Waals surface area contributed by atoms with E-state index >= 15 is 0 Å². The molecule has 0 bridgehead atoms. The van der Waals surface area contributed by atoms with Crippen molar-refractivity contribution in [3.05, 3.63) is 23.0 Å². The Bertz CT molecular complexity index is 515. The third-order valence-electron chi connectivity index (χ3n) is 6.93. The van der Waals surface area contributed by atoms with Crippen LogP contribution in [0, 0.1) is 17.8 Å². The average molecular weight is 347 g/mol. The molecule has 0 N–H and O–H groups in total. The third-order valence-corrected chi connectivity index (χ3v) is 6.93. The van der Waals surface area contributed by atoms with Gasteiger partial charge in [-0.05, 0) is 93.1 Å². The van der Waals surface area contributed by atoms with E-state index < -0.39 is 0 Å². The first-order chi connectivity index (χ1) is 12.3. The number of rotatable bonds is 6. The highest BCUT2D eigenvalue weighted by Crippen LogP contribution is 2.52. The van der Waals surface area contributed by atoms with Gasteiger partial charge in [0.2, 0.25) is 0 Å². The van der Waals surface area contributed by atoms with Crippen molar-refractivity contribution in [3.8, 4) is 0 Å². The standard InChI is InChI=1S/C22H34O3/c1-23-21-8-4-6-17-14-19-16(10-11-18(19)15-20(17)21)7-5-13-25-22-9-2-3-12-24-22/h6,16,18-19,22H,2-5,7-15H2,1H3/t16?,18-,19-,22?/m1/s1. The molecule has 1 heterocycles. The lowest BCUT2D eigenvalue weighted by molar-refractivity contribution is -0.163. The smallest absolute Gasteiger partial charge is 0.157 e. The number of allylic oxidation sites excluding steroid dienone is 4. The molecule has 3 aliphatic carbocycles. The van der Waals surface area contributed by atoms with Gasteiger partial charge in [-0.25, -0.2) is 0 Å². The Hall–Kier alpha value is -0.800. The first-order valence-electron chi connectivity index (χ1n) is 10.5. The van der Waals surface area contributed by atoms with E-state index in [-0.39, 0.29) is 6.29 Å². The van der Waals surface area contributed by atoms with Crippen molar-refractivity contribution >= 4 is 0 Å². The van der Waals surface area contributed by atoms with Gasteiger partial charge in [-0.15, -0.1) is 0 Å². The molecule has 3 fully saturated rings. The molecule has 0 radical (unpaired) electrons. The van der Waals surface area contributed by atoms with E-state index in [4.69, 9.17) is 14.2 Å². The Morgan fingerprint density at radius 1 is 1.16 bits per heavy atom. The second-order valence-corrected chi connectivity index (χ2v) is 8.35. The fraction of sp³-hybridized carbons (Fsp3) is 0.818. The van der Waals surface area contributed by atoms with Crippen molar-refractivity contribution in [1.82, 2.24) is 0 Å². The fourth-order valence-electron chi connectivity index (χ4n) is 5.61. The predicted molar refractivity (Wildman–Crippen MR) is 99.1 cm³/mol. The summed E-state index contributed by atoms with van der Waals surface area (Å²) < 4.78 is 17.3. The molecule has 4 atom stereocenters. The second-order valence-electron chi connectivity index (χ2n) is 8.35. The monoisotopic (exact) mass is 346 g/mol. The highest BCUT2D eigenvalue weighted by atomic mass is 16.7. The van der Waals surface area contributed by atoms with E-state index in [0.29, 0.717) is 0 Å². The molecular weight excluding hydrogens is 312 g/mol. The second kappa shape index (κ2) is 8.26. The number of methoxy groups -OCH3 is 1. The third kappa shape index (κ3) is 3.98. The van der Waals surface area contributed by atoms with E-state index in [2.05, 4.69) is 6.08 Å². The molecule has 3 heteroatoms. The van der Waals surface area contributed by atoms with Gasteiger partial charge in [0, 0.05) is 19.6 Å². The molecule has 0 spiro atoms. The molecule has 3 nitrogen and oxygen atoms in total. The van der Waals surface area contributed by atoms with Crippen molar-refractivity contribution in [3.63, 3.8) is 0 Å². The average Bonchev–Trinajstić information content (AvgIpc) is 3.06. The summed E-state index contributed by atoms with van der Waals surface area (Å²) in [5, 5.41) is 0. The van der Waals surface area contributed by atoms with Gasteiger partial charge in [0.1, 0.15) is 0 Å². The molecule has 1 aliphatic heterocycles. The highest BCUT2D eigenvalue weighted by molar-refractivity contribution is 5.39. The summed E-state index contributed by atoms with van der Waals surface area (Å²) in [6, 6.07) is 0. The van der Waals surface area contributed by atoms with Crippen LogP contribution in [0.4, 0.5) is 0 Å². The number of hydrogen-bond acceptors (Lipinski definition) is 3. The Balaban J connectivity index is 1.26. The van der Waals surface area contributed by atoms with Crippen LogP contribution in [0.25, 0.3) is 0 Å². The van der Waals surface area contributed by atoms with Crippen LogP contribution >= 0.6 is 0 Å². The van der Waals surface area contributed by atoms with Crippen LogP contribution in [0.15, 0.2) is 23.0 Å². The van der Waals surface area contributed by atoms with Crippen LogP contribution in [0.3, 0.4) is 0 Å². The van der Waals surface area contributed by atoms with Gasteiger partial charge in [-0.2, -0.15) is 0 Å². The summed E-state index contributed by atoms with van der Waals surface area (Å²) in [4.78, 5) is 0. The molecule has 2 saturated carbocycles. The van der Waals surface area contributed by atoms with Crippen molar-refractivity contribution in [1.29, 1.82) is 0 Å². The van der Waals surface area contributed by atoms with E-state index in [1.807, 2.05) is 7.11 Å². The lowest BCUT2D eigenvalue weighted by Crippen LogP contribution is -2.25. The summed E-state index contributed by atoms with van der Waals surface area (Å²) in [5.41, 5.74) is 3.18. The topological polar surface area (TPSA) is 27.7 Å². The minimum Gasteiger partial charge on any atom is -0.501 e. The largest absolute Gasteiger partial charge is 0.501 e. The summed E-state index contributed by atoms with van der Waals surface area (Å²) in [7, 11) is 1.85. The van der Waals surface area contributed by atoms with E-state index in [1.165, 1.54) is 63.5 Å². The van der Waals surface area contributed by atoms with Crippen LogP contribution in [0.5, 0.6) is 0 Å². The molecule has 0 aromatic carbocycles. The minimum absolute atomic E-state index is 0.0762. The van der Waals surface area contributed by atoms with Crippen LogP contribution in [-0.2, 0) is 14.2 Å². The summed E-state index contributed by atoms with van der Waals surface area (Å²) in [6.45, 7) is 1.76. The Morgan fingerprint density at radius 2 is 2.12 bits per heavy atom. The summed E-state index contributed by atoms with van der Waals surface area (Å²) >= 11 is 0. The molecule has 0 aromatic rings. The van der Waals surface area contributed by atoms with Gasteiger partial charge in [0.05, 0.1) is 12.9 Å². The zero-order chi connectivity index (χ0) is 17.1. The van der Waals surface area contributed by atoms with Crippen molar-refractivity contribution < 1.29 is 14.2 Å².